The van der Waals surface area contributed by atoms with Crippen LogP contribution in [0.25, 0.3) is 22.2 Å². The number of pyridine rings is 1. The Bertz CT molecular complexity index is 1240. The van der Waals surface area contributed by atoms with Gasteiger partial charge in [0.05, 0.1) is 16.8 Å². The van der Waals surface area contributed by atoms with Crippen LogP contribution in [0.15, 0.2) is 72.8 Å². The highest BCUT2D eigenvalue weighted by molar-refractivity contribution is 6.13. The summed E-state index contributed by atoms with van der Waals surface area (Å²) in [5.74, 6) is -0.122. The maximum absolute atomic E-state index is 13.4. The zero-order chi connectivity index (χ0) is 22.2. The lowest BCUT2D eigenvalue weighted by molar-refractivity contribution is 0.102. The molecule has 1 heterocycles. The number of fused-ring (bicyclic) bond motifs is 1. The van der Waals surface area contributed by atoms with E-state index in [0.29, 0.717) is 5.56 Å². The van der Waals surface area contributed by atoms with Crippen molar-refractivity contribution in [1.82, 2.24) is 4.98 Å². The van der Waals surface area contributed by atoms with Crippen LogP contribution in [0.2, 0.25) is 0 Å². The summed E-state index contributed by atoms with van der Waals surface area (Å²) >= 11 is 0. The fourth-order valence-corrected chi connectivity index (χ4v) is 3.84. The summed E-state index contributed by atoms with van der Waals surface area (Å²) in [7, 11) is 0. The van der Waals surface area contributed by atoms with Crippen molar-refractivity contribution in [3.63, 3.8) is 0 Å². The molecule has 0 radical (unpaired) electrons. The summed E-state index contributed by atoms with van der Waals surface area (Å²) in [4.78, 5) is 18.2. The van der Waals surface area contributed by atoms with Crippen LogP contribution < -0.4 is 5.32 Å². The van der Waals surface area contributed by atoms with Crippen molar-refractivity contribution in [3.05, 3.63) is 95.1 Å². The lowest BCUT2D eigenvalue weighted by Gasteiger charge is -2.19. The van der Waals surface area contributed by atoms with Gasteiger partial charge in [-0.15, -0.1) is 0 Å². The molecule has 3 heteroatoms. The number of carbonyl (C=O) groups excluding carboxylic acids is 1. The molecule has 0 spiro atoms. The fraction of sp³-hybridized carbons (Fsp3) is 0.214. The number of nitrogens with one attached hydrogen (secondary N) is 1. The van der Waals surface area contributed by atoms with Gasteiger partial charge in [-0.1, -0.05) is 81.4 Å². The number of hydrogen-bond donors (Lipinski definition) is 1. The number of nitrogens with zero attached hydrogens (tertiary/aromatic N) is 1. The molecule has 0 bridgehead atoms. The van der Waals surface area contributed by atoms with Crippen LogP contribution in [0.1, 0.15) is 47.8 Å². The van der Waals surface area contributed by atoms with Crippen LogP contribution in [0.4, 0.5) is 5.69 Å². The minimum absolute atomic E-state index is 0.0891. The summed E-state index contributed by atoms with van der Waals surface area (Å²) in [6.07, 6.45) is 0. The van der Waals surface area contributed by atoms with Gasteiger partial charge < -0.3 is 5.32 Å². The van der Waals surface area contributed by atoms with E-state index in [2.05, 4.69) is 50.4 Å². The molecular formula is C28H28N2O. The summed E-state index contributed by atoms with van der Waals surface area (Å²) in [5, 5.41) is 3.98. The minimum Gasteiger partial charge on any atom is -0.321 e. The third kappa shape index (κ3) is 4.22. The zero-order valence-electron chi connectivity index (χ0n) is 18.8. The lowest BCUT2D eigenvalue weighted by Crippen LogP contribution is -2.15. The molecule has 0 saturated carbocycles. The second-order valence-electron chi connectivity index (χ2n) is 9.12. The fourth-order valence-electron chi connectivity index (χ4n) is 3.84. The second kappa shape index (κ2) is 7.99. The monoisotopic (exact) mass is 408 g/mol. The van der Waals surface area contributed by atoms with Crippen molar-refractivity contribution in [2.75, 3.05) is 5.32 Å². The van der Waals surface area contributed by atoms with Gasteiger partial charge in [-0.3, -0.25) is 4.79 Å². The van der Waals surface area contributed by atoms with E-state index in [9.17, 15) is 4.79 Å². The third-order valence-electron chi connectivity index (χ3n) is 5.73. The Balaban J connectivity index is 1.79. The van der Waals surface area contributed by atoms with E-state index >= 15 is 0 Å². The predicted octanol–water partition coefficient (Wildman–Crippen LogP) is 7.07. The van der Waals surface area contributed by atoms with Gasteiger partial charge in [0.1, 0.15) is 0 Å². The maximum Gasteiger partial charge on any atom is 0.256 e. The van der Waals surface area contributed by atoms with Gasteiger partial charge in [0.15, 0.2) is 0 Å². The molecule has 0 atom stereocenters. The smallest absolute Gasteiger partial charge is 0.256 e. The third-order valence-corrected chi connectivity index (χ3v) is 5.73. The van der Waals surface area contributed by atoms with E-state index in [1.165, 1.54) is 5.56 Å². The number of amides is 1. The van der Waals surface area contributed by atoms with Crippen LogP contribution in [-0.4, -0.2) is 10.9 Å². The Morgan fingerprint density at radius 1 is 0.839 bits per heavy atom. The van der Waals surface area contributed by atoms with Crippen LogP contribution in [0, 0.1) is 13.8 Å². The Kier molecular flexibility index (Phi) is 5.36. The van der Waals surface area contributed by atoms with E-state index < -0.39 is 0 Å². The molecule has 31 heavy (non-hydrogen) atoms. The predicted molar refractivity (Wildman–Crippen MR) is 130 cm³/mol. The number of aryl methyl sites for hydroxylation is 2. The van der Waals surface area contributed by atoms with Crippen LogP contribution in [-0.2, 0) is 5.41 Å². The summed E-state index contributed by atoms with van der Waals surface area (Å²) < 4.78 is 0. The zero-order valence-corrected chi connectivity index (χ0v) is 18.8. The molecule has 0 aliphatic heterocycles. The average Bonchev–Trinajstić information content (AvgIpc) is 2.75. The van der Waals surface area contributed by atoms with Gasteiger partial charge >= 0.3 is 0 Å². The highest BCUT2D eigenvalue weighted by Gasteiger charge is 2.17. The maximum atomic E-state index is 13.4. The largest absolute Gasteiger partial charge is 0.321 e. The van der Waals surface area contributed by atoms with Gasteiger partial charge in [-0.05, 0) is 48.1 Å². The first-order valence-corrected chi connectivity index (χ1v) is 10.6. The molecular weight excluding hydrogens is 380 g/mol. The van der Waals surface area contributed by atoms with Crippen molar-refractivity contribution in [2.45, 2.75) is 40.0 Å². The molecule has 3 nitrogen and oxygen atoms in total. The van der Waals surface area contributed by atoms with E-state index in [1.807, 2.05) is 62.4 Å². The molecule has 1 aromatic heterocycles. The summed E-state index contributed by atoms with van der Waals surface area (Å²) in [6.45, 7) is 10.6. The highest BCUT2D eigenvalue weighted by Crippen LogP contribution is 2.29. The van der Waals surface area contributed by atoms with Crippen LogP contribution in [0.5, 0.6) is 0 Å². The minimum atomic E-state index is -0.122. The molecule has 0 aliphatic carbocycles. The van der Waals surface area contributed by atoms with E-state index in [1.54, 1.807) is 0 Å². The van der Waals surface area contributed by atoms with Crippen molar-refractivity contribution < 1.29 is 4.79 Å². The number of aromatic nitrogens is 1. The van der Waals surface area contributed by atoms with Crippen molar-refractivity contribution >= 4 is 22.5 Å². The first-order valence-electron chi connectivity index (χ1n) is 10.6. The Morgan fingerprint density at radius 3 is 2.13 bits per heavy atom. The molecule has 0 saturated heterocycles. The average molecular weight is 409 g/mol. The molecule has 3 aromatic carbocycles. The molecule has 0 aliphatic rings. The van der Waals surface area contributed by atoms with Crippen LogP contribution in [0.3, 0.4) is 0 Å². The number of hydrogen-bond acceptors (Lipinski definition) is 2. The number of para-hydroxylation sites is 2. The van der Waals surface area contributed by atoms with Crippen LogP contribution >= 0.6 is 0 Å². The number of benzene rings is 3. The molecule has 4 aromatic rings. The number of carbonyl (C=O) groups is 1. The Hall–Kier alpha value is -3.46. The van der Waals surface area contributed by atoms with Gasteiger partial charge in [0, 0.05) is 16.6 Å². The second-order valence-corrected chi connectivity index (χ2v) is 9.12. The van der Waals surface area contributed by atoms with Gasteiger partial charge in [-0.2, -0.15) is 0 Å². The van der Waals surface area contributed by atoms with Crippen molar-refractivity contribution in [3.8, 4) is 11.3 Å². The van der Waals surface area contributed by atoms with E-state index in [-0.39, 0.29) is 11.3 Å². The van der Waals surface area contributed by atoms with E-state index in [0.717, 1.165) is 39.0 Å². The molecule has 156 valence electrons. The molecule has 0 unspecified atom stereocenters. The van der Waals surface area contributed by atoms with E-state index in [4.69, 9.17) is 4.98 Å². The molecule has 0 fully saturated rings. The first-order chi connectivity index (χ1) is 14.7. The molecule has 1 N–H and O–H groups in total. The van der Waals surface area contributed by atoms with Crippen molar-refractivity contribution in [1.29, 1.82) is 0 Å². The normalized spacial score (nSPS) is 11.5. The first kappa shape index (κ1) is 20.8. The summed E-state index contributed by atoms with van der Waals surface area (Å²) in [6, 6.07) is 24.2. The van der Waals surface area contributed by atoms with Gasteiger partial charge in [-0.25, -0.2) is 4.98 Å². The summed E-state index contributed by atoms with van der Waals surface area (Å²) in [5.41, 5.74) is 7.55. The number of anilines is 1. The topological polar surface area (TPSA) is 42.0 Å². The quantitative estimate of drug-likeness (QED) is 0.394. The SMILES string of the molecule is Cc1cccc(C)c1NC(=O)c1cc(-c2ccc(C(C)(C)C)cc2)nc2ccccc12. The standard InChI is InChI=1S/C28H28N2O/c1-18-9-8-10-19(2)26(18)30-27(31)23-17-25(29-24-12-7-6-11-22(23)24)20-13-15-21(16-14-20)28(3,4)5/h6-17H,1-5H3,(H,30,31). The molecule has 1 amide bonds. The molecule has 4 rings (SSSR count). The highest BCUT2D eigenvalue weighted by atomic mass is 16.1. The lowest BCUT2D eigenvalue weighted by atomic mass is 9.86. The van der Waals surface area contributed by atoms with Gasteiger partial charge in [0.25, 0.3) is 5.91 Å². The Labute approximate surface area is 184 Å². The Morgan fingerprint density at radius 2 is 1.48 bits per heavy atom. The van der Waals surface area contributed by atoms with Crippen molar-refractivity contribution in [2.24, 2.45) is 0 Å². The number of rotatable bonds is 3. The van der Waals surface area contributed by atoms with Gasteiger partial charge in [0.2, 0.25) is 0 Å².